The highest BCUT2D eigenvalue weighted by Gasteiger charge is 2.15. The van der Waals surface area contributed by atoms with Gasteiger partial charge in [0.1, 0.15) is 5.75 Å². The molecule has 1 aromatic rings. The molecule has 0 aromatic heterocycles. The Balaban J connectivity index is 2.95. The highest BCUT2D eigenvalue weighted by Crippen LogP contribution is 2.27. The van der Waals surface area contributed by atoms with Gasteiger partial charge in [-0.25, -0.2) is 4.79 Å². The van der Waals surface area contributed by atoms with E-state index in [0.29, 0.717) is 30.9 Å². The summed E-state index contributed by atoms with van der Waals surface area (Å²) in [6.07, 6.45) is 0.695. The standard InChI is InChI=1S/C11H17N3O2/c1-16-10-6-3-2-5-9(10)14(11(13)15)8-4-7-12/h2-3,5-6H,4,7-8,12H2,1H3,(H2,13,15). The number of hydrogen-bond acceptors (Lipinski definition) is 3. The monoisotopic (exact) mass is 223 g/mol. The summed E-state index contributed by atoms with van der Waals surface area (Å²) in [4.78, 5) is 12.8. The molecule has 5 nitrogen and oxygen atoms in total. The normalized spacial score (nSPS) is 9.88. The van der Waals surface area contributed by atoms with Gasteiger partial charge in [-0.05, 0) is 25.1 Å². The Bertz CT molecular complexity index is 355. The third-order valence-corrected chi connectivity index (χ3v) is 2.23. The molecule has 16 heavy (non-hydrogen) atoms. The minimum Gasteiger partial charge on any atom is -0.495 e. The van der Waals surface area contributed by atoms with Gasteiger partial charge < -0.3 is 16.2 Å². The van der Waals surface area contributed by atoms with Crippen LogP contribution in [0.15, 0.2) is 24.3 Å². The van der Waals surface area contributed by atoms with Crippen LogP contribution in [-0.4, -0.2) is 26.2 Å². The first-order chi connectivity index (χ1) is 7.70. The number of para-hydroxylation sites is 2. The lowest BCUT2D eigenvalue weighted by Gasteiger charge is -2.22. The fourth-order valence-electron chi connectivity index (χ4n) is 1.45. The van der Waals surface area contributed by atoms with Gasteiger partial charge in [-0.2, -0.15) is 0 Å². The number of carbonyl (C=O) groups excluding carboxylic acids is 1. The third kappa shape index (κ3) is 2.87. The zero-order chi connectivity index (χ0) is 12.0. The number of primary amides is 1. The van der Waals surface area contributed by atoms with E-state index in [1.807, 2.05) is 12.1 Å². The van der Waals surface area contributed by atoms with E-state index in [4.69, 9.17) is 16.2 Å². The summed E-state index contributed by atoms with van der Waals surface area (Å²) >= 11 is 0. The van der Waals surface area contributed by atoms with Gasteiger partial charge in [0.15, 0.2) is 0 Å². The van der Waals surface area contributed by atoms with Crippen molar-refractivity contribution >= 4 is 11.7 Å². The number of nitrogens with two attached hydrogens (primary N) is 2. The van der Waals surface area contributed by atoms with Crippen molar-refractivity contribution in [2.24, 2.45) is 11.5 Å². The van der Waals surface area contributed by atoms with E-state index < -0.39 is 6.03 Å². The molecule has 2 amide bonds. The van der Waals surface area contributed by atoms with Crippen LogP contribution in [0, 0.1) is 0 Å². The summed E-state index contributed by atoms with van der Waals surface area (Å²) in [6, 6.07) is 6.74. The molecule has 0 radical (unpaired) electrons. The predicted octanol–water partition coefficient (Wildman–Crippen LogP) is 0.929. The molecule has 0 aliphatic heterocycles. The number of hydrogen-bond donors (Lipinski definition) is 2. The predicted molar refractivity (Wildman–Crippen MR) is 63.6 cm³/mol. The first-order valence-corrected chi connectivity index (χ1v) is 5.10. The Morgan fingerprint density at radius 1 is 1.44 bits per heavy atom. The van der Waals surface area contributed by atoms with Crippen LogP contribution in [0.25, 0.3) is 0 Å². The van der Waals surface area contributed by atoms with Gasteiger partial charge >= 0.3 is 6.03 Å². The molecule has 88 valence electrons. The topological polar surface area (TPSA) is 81.6 Å². The number of amides is 2. The van der Waals surface area contributed by atoms with Gasteiger partial charge in [-0.15, -0.1) is 0 Å². The minimum absolute atomic E-state index is 0.492. The van der Waals surface area contributed by atoms with E-state index in [9.17, 15) is 4.79 Å². The van der Waals surface area contributed by atoms with Gasteiger partial charge in [-0.1, -0.05) is 12.1 Å². The van der Waals surface area contributed by atoms with Crippen LogP contribution in [0.3, 0.4) is 0 Å². The van der Waals surface area contributed by atoms with Crippen LogP contribution in [0.4, 0.5) is 10.5 Å². The van der Waals surface area contributed by atoms with Gasteiger partial charge in [0.05, 0.1) is 12.8 Å². The first kappa shape index (κ1) is 12.3. The second-order valence-corrected chi connectivity index (χ2v) is 3.30. The summed E-state index contributed by atoms with van der Waals surface area (Å²) in [5.41, 5.74) is 11.4. The SMILES string of the molecule is COc1ccccc1N(CCCN)C(N)=O. The molecule has 0 bridgehead atoms. The van der Waals surface area contributed by atoms with Crippen molar-refractivity contribution in [3.8, 4) is 5.75 Å². The molecule has 0 spiro atoms. The molecule has 0 aliphatic rings. The zero-order valence-electron chi connectivity index (χ0n) is 9.35. The van der Waals surface area contributed by atoms with E-state index in [1.54, 1.807) is 19.2 Å². The number of carbonyl (C=O) groups is 1. The number of rotatable bonds is 5. The van der Waals surface area contributed by atoms with Gasteiger partial charge in [0, 0.05) is 6.54 Å². The molecule has 1 aromatic carbocycles. The summed E-state index contributed by atoms with van der Waals surface area (Å²) < 4.78 is 5.18. The Labute approximate surface area is 95.0 Å². The van der Waals surface area contributed by atoms with Crippen molar-refractivity contribution in [1.29, 1.82) is 0 Å². The maximum Gasteiger partial charge on any atom is 0.319 e. The molecular formula is C11H17N3O2. The Morgan fingerprint density at radius 3 is 2.69 bits per heavy atom. The fraction of sp³-hybridized carbons (Fsp3) is 0.364. The van der Waals surface area contributed by atoms with Crippen molar-refractivity contribution in [3.05, 3.63) is 24.3 Å². The molecule has 5 heteroatoms. The van der Waals surface area contributed by atoms with Crippen molar-refractivity contribution in [1.82, 2.24) is 0 Å². The van der Waals surface area contributed by atoms with E-state index in [-0.39, 0.29) is 0 Å². The van der Waals surface area contributed by atoms with Crippen molar-refractivity contribution in [3.63, 3.8) is 0 Å². The summed E-state index contributed by atoms with van der Waals surface area (Å²) in [5, 5.41) is 0. The quantitative estimate of drug-likeness (QED) is 0.779. The number of ether oxygens (including phenoxy) is 1. The van der Waals surface area contributed by atoms with Crippen molar-refractivity contribution in [2.75, 3.05) is 25.1 Å². The first-order valence-electron chi connectivity index (χ1n) is 5.10. The van der Waals surface area contributed by atoms with Crippen LogP contribution in [-0.2, 0) is 0 Å². The number of benzene rings is 1. The third-order valence-electron chi connectivity index (χ3n) is 2.23. The smallest absolute Gasteiger partial charge is 0.319 e. The molecule has 0 heterocycles. The van der Waals surface area contributed by atoms with E-state index in [1.165, 1.54) is 4.90 Å². The number of urea groups is 1. The molecular weight excluding hydrogens is 206 g/mol. The van der Waals surface area contributed by atoms with Crippen molar-refractivity contribution < 1.29 is 9.53 Å². The van der Waals surface area contributed by atoms with Gasteiger partial charge in [0.25, 0.3) is 0 Å². The lowest BCUT2D eigenvalue weighted by molar-refractivity contribution is 0.253. The number of nitrogens with zero attached hydrogens (tertiary/aromatic N) is 1. The van der Waals surface area contributed by atoms with Crippen LogP contribution in [0.5, 0.6) is 5.75 Å². The highest BCUT2D eigenvalue weighted by molar-refractivity contribution is 5.92. The lowest BCUT2D eigenvalue weighted by Crippen LogP contribution is -2.37. The average Bonchev–Trinajstić information content (AvgIpc) is 2.29. The molecule has 0 saturated heterocycles. The van der Waals surface area contributed by atoms with Crippen LogP contribution in [0.1, 0.15) is 6.42 Å². The molecule has 0 saturated carbocycles. The zero-order valence-corrected chi connectivity index (χ0v) is 9.35. The fourth-order valence-corrected chi connectivity index (χ4v) is 1.45. The molecule has 1 rings (SSSR count). The lowest BCUT2D eigenvalue weighted by atomic mass is 10.2. The van der Waals surface area contributed by atoms with E-state index in [2.05, 4.69) is 0 Å². The Kier molecular flexibility index (Phi) is 4.60. The molecule has 0 aliphatic carbocycles. The second kappa shape index (κ2) is 5.97. The minimum atomic E-state index is -0.502. The molecule has 0 unspecified atom stereocenters. The summed E-state index contributed by atoms with van der Waals surface area (Å²) in [7, 11) is 1.56. The van der Waals surface area contributed by atoms with E-state index >= 15 is 0 Å². The second-order valence-electron chi connectivity index (χ2n) is 3.30. The molecule has 4 N–H and O–H groups in total. The van der Waals surface area contributed by atoms with E-state index in [0.717, 1.165) is 0 Å². The van der Waals surface area contributed by atoms with Crippen LogP contribution < -0.4 is 21.1 Å². The largest absolute Gasteiger partial charge is 0.495 e. The Morgan fingerprint density at radius 2 is 2.12 bits per heavy atom. The van der Waals surface area contributed by atoms with Crippen LogP contribution in [0.2, 0.25) is 0 Å². The maximum atomic E-state index is 11.3. The maximum absolute atomic E-state index is 11.3. The summed E-state index contributed by atoms with van der Waals surface area (Å²) in [5.74, 6) is 0.623. The number of anilines is 1. The number of methoxy groups -OCH3 is 1. The van der Waals surface area contributed by atoms with Gasteiger partial charge in [0.2, 0.25) is 0 Å². The Hall–Kier alpha value is -1.75. The highest BCUT2D eigenvalue weighted by atomic mass is 16.5. The van der Waals surface area contributed by atoms with Gasteiger partial charge in [-0.3, -0.25) is 4.90 Å². The molecule has 0 fully saturated rings. The van der Waals surface area contributed by atoms with Crippen molar-refractivity contribution in [2.45, 2.75) is 6.42 Å². The average molecular weight is 223 g/mol. The summed E-state index contributed by atoms with van der Waals surface area (Å²) in [6.45, 7) is 1.01. The molecule has 0 atom stereocenters. The van der Waals surface area contributed by atoms with Crippen LogP contribution >= 0.6 is 0 Å².